The highest BCUT2D eigenvalue weighted by Crippen LogP contribution is 2.27. The second kappa shape index (κ2) is 8.28. The van der Waals surface area contributed by atoms with Crippen molar-refractivity contribution in [3.63, 3.8) is 0 Å². The van der Waals surface area contributed by atoms with Crippen LogP contribution in [-0.4, -0.2) is 38.7 Å². The molecule has 0 aliphatic carbocycles. The maximum Gasteiger partial charge on any atom is 0.411 e. The molecule has 152 valence electrons. The van der Waals surface area contributed by atoms with Crippen LogP contribution >= 0.6 is 0 Å². The average molecular weight is 359 g/mol. The summed E-state index contributed by atoms with van der Waals surface area (Å²) in [5.41, 5.74) is -0.483. The molecule has 0 aromatic heterocycles. The smallest absolute Gasteiger partial charge is 0.411 e. The fraction of sp³-hybridized carbons (Fsp3) is 0.952. The third-order valence-corrected chi connectivity index (χ3v) is 2.67. The second-order valence-electron chi connectivity index (χ2n) is 11.8. The highest BCUT2D eigenvalue weighted by atomic mass is 16.6. The highest BCUT2D eigenvalue weighted by Gasteiger charge is 2.38. The van der Waals surface area contributed by atoms with Gasteiger partial charge < -0.3 is 10.1 Å². The monoisotopic (exact) mass is 358 g/mol. The van der Waals surface area contributed by atoms with E-state index in [1.54, 1.807) is 4.90 Å². The van der Waals surface area contributed by atoms with Crippen molar-refractivity contribution in [2.75, 3.05) is 0 Å². The topological polar surface area (TPSA) is 41.6 Å². The molecule has 0 atom stereocenters. The fourth-order valence-corrected chi connectivity index (χ4v) is 2.99. The number of rotatable bonds is 0. The molecule has 0 saturated heterocycles. The minimum atomic E-state index is -0.453. The van der Waals surface area contributed by atoms with E-state index < -0.39 is 5.60 Å². The molecule has 0 saturated carbocycles. The van der Waals surface area contributed by atoms with Gasteiger partial charge in [-0.15, -0.1) is 0 Å². The van der Waals surface area contributed by atoms with Gasteiger partial charge in [0.15, 0.2) is 0 Å². The maximum atomic E-state index is 12.2. The predicted molar refractivity (Wildman–Crippen MR) is 110 cm³/mol. The van der Waals surface area contributed by atoms with E-state index >= 15 is 0 Å². The molecule has 25 heavy (non-hydrogen) atoms. The zero-order chi connectivity index (χ0) is 21.1. The van der Waals surface area contributed by atoms with Gasteiger partial charge in [0.2, 0.25) is 0 Å². The molecule has 0 bridgehead atoms. The lowest BCUT2D eigenvalue weighted by molar-refractivity contribution is -0.0218. The molecule has 0 heterocycles. The number of hydrogen-bond acceptors (Lipinski definition) is 3. The van der Waals surface area contributed by atoms with Crippen molar-refractivity contribution >= 4 is 6.09 Å². The van der Waals surface area contributed by atoms with Gasteiger partial charge >= 0.3 is 6.09 Å². The van der Waals surface area contributed by atoms with Gasteiger partial charge in [0.25, 0.3) is 0 Å². The molecule has 0 radical (unpaired) electrons. The first-order chi connectivity index (χ1) is 10.5. The summed E-state index contributed by atoms with van der Waals surface area (Å²) in [6.07, 6.45) is -0.257. The average Bonchev–Trinajstić information content (AvgIpc) is 2.00. The molecule has 0 unspecified atom stereocenters. The van der Waals surface area contributed by atoms with Crippen LogP contribution in [0.3, 0.4) is 0 Å². The molecule has 0 aliphatic rings. The van der Waals surface area contributed by atoms with E-state index in [9.17, 15) is 4.79 Å². The Kier molecular flexibility index (Phi) is 8.77. The molecule has 0 aromatic carbocycles. The maximum absolute atomic E-state index is 12.2. The zero-order valence-electron chi connectivity index (χ0n) is 19.8. The van der Waals surface area contributed by atoms with Crippen molar-refractivity contribution < 1.29 is 9.53 Å². The van der Waals surface area contributed by atoms with Gasteiger partial charge in [0.1, 0.15) is 5.60 Å². The van der Waals surface area contributed by atoms with Gasteiger partial charge in [-0.2, -0.15) is 0 Å². The summed E-state index contributed by atoms with van der Waals surface area (Å²) in [4.78, 5) is 13.9. The lowest BCUT2D eigenvalue weighted by atomic mass is 9.97. The minimum absolute atomic E-state index is 0.234. The standard InChI is InChI=1S/C13H27NO2.C8H19N/c1-11(2,3)14(12(4,5)6)10(15)16-13(7,8)9;1-7(2,3)9-8(4,5)6/h1-9H3;9H,1-6H3. The fourth-order valence-electron chi connectivity index (χ4n) is 2.99. The quantitative estimate of drug-likeness (QED) is 0.578. The third-order valence-electron chi connectivity index (χ3n) is 2.67. The summed E-state index contributed by atoms with van der Waals surface area (Å²) in [5, 5.41) is 3.46. The van der Waals surface area contributed by atoms with Gasteiger partial charge in [0, 0.05) is 22.2 Å². The van der Waals surface area contributed by atoms with Crippen LogP contribution in [0, 0.1) is 0 Å². The number of carbonyl (C=O) groups excluding carboxylic acids is 1. The molecule has 4 heteroatoms. The summed E-state index contributed by atoms with van der Waals surface area (Å²) in [7, 11) is 0. The Morgan fingerprint density at radius 1 is 0.640 bits per heavy atom. The van der Waals surface area contributed by atoms with Crippen LogP contribution in [0.15, 0.2) is 0 Å². The summed E-state index contributed by atoms with van der Waals surface area (Å²) >= 11 is 0. The van der Waals surface area contributed by atoms with Crippen LogP contribution in [0.5, 0.6) is 0 Å². The molecule has 0 fully saturated rings. The highest BCUT2D eigenvalue weighted by molar-refractivity contribution is 5.70. The minimum Gasteiger partial charge on any atom is -0.444 e. The molecule has 0 spiro atoms. The van der Waals surface area contributed by atoms with Crippen molar-refractivity contribution in [2.24, 2.45) is 0 Å². The van der Waals surface area contributed by atoms with E-state index in [0.29, 0.717) is 0 Å². The van der Waals surface area contributed by atoms with E-state index in [1.165, 1.54) is 0 Å². The Bertz CT molecular complexity index is 382. The van der Waals surface area contributed by atoms with Crippen molar-refractivity contribution in [2.45, 2.75) is 132 Å². The van der Waals surface area contributed by atoms with Crippen LogP contribution in [0.1, 0.15) is 104 Å². The van der Waals surface area contributed by atoms with Gasteiger partial charge in [-0.1, -0.05) is 0 Å². The summed E-state index contributed by atoms with van der Waals surface area (Å²) in [6.45, 7) is 30.8. The Morgan fingerprint density at radius 2 is 0.920 bits per heavy atom. The number of amides is 1. The summed E-state index contributed by atoms with van der Waals surface area (Å²) < 4.78 is 5.44. The van der Waals surface area contributed by atoms with E-state index in [2.05, 4.69) is 46.9 Å². The van der Waals surface area contributed by atoms with E-state index in [1.807, 2.05) is 62.3 Å². The van der Waals surface area contributed by atoms with Crippen molar-refractivity contribution in [3.05, 3.63) is 0 Å². The number of hydrogen-bond donors (Lipinski definition) is 1. The van der Waals surface area contributed by atoms with Crippen LogP contribution in [0.2, 0.25) is 0 Å². The Balaban J connectivity index is 0. The van der Waals surface area contributed by atoms with Crippen molar-refractivity contribution in [1.82, 2.24) is 10.2 Å². The zero-order valence-corrected chi connectivity index (χ0v) is 19.8. The molecular weight excluding hydrogens is 312 g/mol. The second-order valence-corrected chi connectivity index (χ2v) is 11.8. The summed E-state index contributed by atoms with van der Waals surface area (Å²) in [6, 6.07) is 0. The number of nitrogens with zero attached hydrogens (tertiary/aromatic N) is 1. The molecule has 0 rings (SSSR count). The van der Waals surface area contributed by atoms with Crippen molar-refractivity contribution in [1.29, 1.82) is 0 Å². The summed E-state index contributed by atoms with van der Waals surface area (Å²) in [5.74, 6) is 0. The largest absolute Gasteiger partial charge is 0.444 e. The first kappa shape index (κ1) is 26.5. The first-order valence-electron chi connectivity index (χ1n) is 9.28. The van der Waals surface area contributed by atoms with Crippen LogP contribution in [-0.2, 0) is 4.74 Å². The molecular formula is C21H46N2O2. The third kappa shape index (κ3) is 15.2. The SMILES string of the molecule is CC(C)(C)NC(C)(C)C.CC(C)(C)OC(=O)N(C(C)(C)C)C(C)(C)C. The van der Waals surface area contributed by atoms with Crippen LogP contribution < -0.4 is 5.32 Å². The van der Waals surface area contributed by atoms with Gasteiger partial charge in [0.05, 0.1) is 0 Å². The number of carbonyl (C=O) groups is 1. The molecule has 1 amide bonds. The van der Waals surface area contributed by atoms with E-state index in [0.717, 1.165) is 0 Å². The molecule has 1 N–H and O–H groups in total. The Labute approximate surface area is 158 Å². The Hall–Kier alpha value is -0.770. The van der Waals surface area contributed by atoms with Crippen LogP contribution in [0.4, 0.5) is 4.79 Å². The van der Waals surface area contributed by atoms with E-state index in [4.69, 9.17) is 4.74 Å². The lowest BCUT2D eigenvalue weighted by Crippen LogP contribution is -2.56. The molecule has 4 nitrogen and oxygen atoms in total. The van der Waals surface area contributed by atoms with Crippen molar-refractivity contribution in [3.8, 4) is 0 Å². The normalized spacial score (nSPS) is 13.7. The van der Waals surface area contributed by atoms with Gasteiger partial charge in [-0.25, -0.2) is 4.79 Å². The molecule has 0 aliphatic heterocycles. The van der Waals surface area contributed by atoms with Crippen LogP contribution in [0.25, 0.3) is 0 Å². The molecule has 0 aromatic rings. The Morgan fingerprint density at radius 3 is 1.04 bits per heavy atom. The lowest BCUT2D eigenvalue weighted by Gasteiger charge is -2.45. The van der Waals surface area contributed by atoms with E-state index in [-0.39, 0.29) is 28.2 Å². The van der Waals surface area contributed by atoms with Gasteiger partial charge in [-0.05, 0) is 104 Å². The van der Waals surface area contributed by atoms with Gasteiger partial charge in [-0.3, -0.25) is 4.90 Å². The number of nitrogens with one attached hydrogen (secondary N) is 1. The number of ether oxygens (including phenoxy) is 1. The predicted octanol–water partition coefficient (Wildman–Crippen LogP) is 5.99. The first-order valence-corrected chi connectivity index (χ1v) is 9.28.